The van der Waals surface area contributed by atoms with Crippen LogP contribution in [0.25, 0.3) is 0 Å². The van der Waals surface area contributed by atoms with Crippen molar-refractivity contribution < 1.29 is 4.74 Å². The molecule has 0 bridgehead atoms. The third-order valence-electron chi connectivity index (χ3n) is 3.07. The molecule has 0 amide bonds. The van der Waals surface area contributed by atoms with Crippen molar-refractivity contribution >= 4 is 0 Å². The molecule has 0 aliphatic carbocycles. The highest BCUT2D eigenvalue weighted by molar-refractivity contribution is 4.80. The van der Waals surface area contributed by atoms with Gasteiger partial charge >= 0.3 is 0 Å². The Morgan fingerprint density at radius 2 is 1.93 bits per heavy atom. The van der Waals surface area contributed by atoms with Crippen molar-refractivity contribution in [3.05, 3.63) is 0 Å². The first-order valence-corrected chi connectivity index (χ1v) is 5.69. The molecule has 2 heteroatoms. The summed E-state index contributed by atoms with van der Waals surface area (Å²) in [5.74, 6) is 0.722. The summed E-state index contributed by atoms with van der Waals surface area (Å²) in [5, 5.41) is 3.40. The van der Waals surface area contributed by atoms with E-state index in [1.54, 1.807) is 7.11 Å². The van der Waals surface area contributed by atoms with Gasteiger partial charge in [-0.1, -0.05) is 20.3 Å². The molecule has 0 aliphatic rings. The summed E-state index contributed by atoms with van der Waals surface area (Å²) < 4.78 is 5.46. The molecule has 0 heterocycles. The highest BCUT2D eigenvalue weighted by atomic mass is 16.5. The van der Waals surface area contributed by atoms with Crippen LogP contribution < -0.4 is 5.32 Å². The molecule has 0 aliphatic heterocycles. The molecule has 0 fully saturated rings. The van der Waals surface area contributed by atoms with Crippen LogP contribution in [0, 0.1) is 5.92 Å². The van der Waals surface area contributed by atoms with Gasteiger partial charge in [-0.3, -0.25) is 0 Å². The van der Waals surface area contributed by atoms with Gasteiger partial charge in [-0.05, 0) is 39.7 Å². The number of ether oxygens (including phenoxy) is 1. The van der Waals surface area contributed by atoms with Crippen molar-refractivity contribution in [2.24, 2.45) is 5.92 Å². The van der Waals surface area contributed by atoms with E-state index in [4.69, 9.17) is 4.74 Å². The van der Waals surface area contributed by atoms with Gasteiger partial charge in [0, 0.05) is 13.2 Å². The van der Waals surface area contributed by atoms with Crippen molar-refractivity contribution in [3.63, 3.8) is 0 Å². The van der Waals surface area contributed by atoms with Gasteiger partial charge in [-0.2, -0.15) is 0 Å². The number of hydrogen-bond acceptors (Lipinski definition) is 2. The fourth-order valence-electron chi connectivity index (χ4n) is 1.86. The summed E-state index contributed by atoms with van der Waals surface area (Å²) >= 11 is 0. The van der Waals surface area contributed by atoms with Crippen LogP contribution in [0.1, 0.15) is 47.0 Å². The molecular formula is C12H27NO. The van der Waals surface area contributed by atoms with E-state index in [1.807, 2.05) is 7.05 Å². The number of rotatable bonds is 7. The van der Waals surface area contributed by atoms with Crippen LogP contribution >= 0.6 is 0 Å². The Labute approximate surface area is 89.4 Å². The minimum Gasteiger partial charge on any atom is -0.379 e. The average Bonchev–Trinajstić information content (AvgIpc) is 2.14. The molecule has 0 aromatic heterocycles. The maximum atomic E-state index is 5.46. The predicted molar refractivity (Wildman–Crippen MR) is 62.6 cm³/mol. The third-order valence-corrected chi connectivity index (χ3v) is 3.07. The zero-order valence-electron chi connectivity index (χ0n) is 10.7. The second-order valence-corrected chi connectivity index (χ2v) is 4.83. The summed E-state index contributed by atoms with van der Waals surface area (Å²) in [6, 6.07) is 0.560. The second-order valence-electron chi connectivity index (χ2n) is 4.83. The van der Waals surface area contributed by atoms with Gasteiger partial charge in [0.25, 0.3) is 0 Å². The quantitative estimate of drug-likeness (QED) is 0.684. The van der Waals surface area contributed by atoms with Crippen LogP contribution in [0.2, 0.25) is 0 Å². The minimum absolute atomic E-state index is 0.0182. The van der Waals surface area contributed by atoms with E-state index in [9.17, 15) is 0 Å². The van der Waals surface area contributed by atoms with Crippen LogP contribution in [0.15, 0.2) is 0 Å². The van der Waals surface area contributed by atoms with Gasteiger partial charge in [0.2, 0.25) is 0 Å². The first-order valence-electron chi connectivity index (χ1n) is 5.69. The zero-order chi connectivity index (χ0) is 11.2. The van der Waals surface area contributed by atoms with Crippen molar-refractivity contribution in [2.75, 3.05) is 14.2 Å². The monoisotopic (exact) mass is 201 g/mol. The average molecular weight is 201 g/mol. The molecular weight excluding hydrogens is 174 g/mol. The molecule has 0 rings (SSSR count). The maximum Gasteiger partial charge on any atom is 0.0637 e. The van der Waals surface area contributed by atoms with Gasteiger partial charge in [-0.25, -0.2) is 0 Å². The minimum atomic E-state index is -0.0182. The van der Waals surface area contributed by atoms with Crippen molar-refractivity contribution in [1.29, 1.82) is 0 Å². The van der Waals surface area contributed by atoms with E-state index in [0.717, 1.165) is 12.3 Å². The first-order chi connectivity index (χ1) is 6.46. The van der Waals surface area contributed by atoms with Crippen LogP contribution in [0.4, 0.5) is 0 Å². The Morgan fingerprint density at radius 3 is 2.29 bits per heavy atom. The summed E-state index contributed by atoms with van der Waals surface area (Å²) in [7, 11) is 3.83. The maximum absolute atomic E-state index is 5.46. The topological polar surface area (TPSA) is 21.3 Å². The molecule has 0 aromatic rings. The normalized spacial score (nSPS) is 16.7. The van der Waals surface area contributed by atoms with Gasteiger partial charge in [0.1, 0.15) is 0 Å². The van der Waals surface area contributed by atoms with E-state index in [2.05, 4.69) is 33.0 Å². The van der Waals surface area contributed by atoms with Gasteiger partial charge in [0.05, 0.1) is 5.60 Å². The van der Waals surface area contributed by atoms with E-state index in [-0.39, 0.29) is 5.60 Å². The van der Waals surface area contributed by atoms with Crippen LogP contribution in [-0.4, -0.2) is 25.8 Å². The van der Waals surface area contributed by atoms with Crippen LogP contribution in [0.5, 0.6) is 0 Å². The SMILES string of the molecule is CCCC(C)C(CC(C)(C)OC)NC. The van der Waals surface area contributed by atoms with E-state index < -0.39 is 0 Å². The molecule has 0 spiro atoms. The number of nitrogens with one attached hydrogen (secondary N) is 1. The van der Waals surface area contributed by atoms with Gasteiger partial charge < -0.3 is 10.1 Å². The highest BCUT2D eigenvalue weighted by Gasteiger charge is 2.24. The molecule has 0 saturated carbocycles. The van der Waals surface area contributed by atoms with Gasteiger partial charge in [-0.15, -0.1) is 0 Å². The summed E-state index contributed by atoms with van der Waals surface area (Å²) in [5.41, 5.74) is -0.0182. The second kappa shape index (κ2) is 6.41. The lowest BCUT2D eigenvalue weighted by Crippen LogP contribution is -2.39. The predicted octanol–water partition coefficient (Wildman–Crippen LogP) is 2.83. The number of hydrogen-bond donors (Lipinski definition) is 1. The first kappa shape index (κ1) is 13.9. The van der Waals surface area contributed by atoms with Crippen molar-refractivity contribution in [3.8, 4) is 0 Å². The van der Waals surface area contributed by atoms with Crippen LogP contribution in [0.3, 0.4) is 0 Å². The summed E-state index contributed by atoms with van der Waals surface area (Å²) in [6.45, 7) is 8.85. The smallest absolute Gasteiger partial charge is 0.0637 e. The molecule has 0 aromatic carbocycles. The van der Waals surface area contributed by atoms with Gasteiger partial charge in [0.15, 0.2) is 0 Å². The third kappa shape index (κ3) is 4.97. The molecule has 1 N–H and O–H groups in total. The van der Waals surface area contributed by atoms with E-state index >= 15 is 0 Å². The Morgan fingerprint density at radius 1 is 1.36 bits per heavy atom. The Kier molecular flexibility index (Phi) is 6.38. The van der Waals surface area contributed by atoms with Crippen molar-refractivity contribution in [1.82, 2.24) is 5.32 Å². The molecule has 2 atom stereocenters. The lowest BCUT2D eigenvalue weighted by molar-refractivity contribution is 0.00257. The van der Waals surface area contributed by atoms with E-state index in [0.29, 0.717) is 6.04 Å². The molecule has 0 radical (unpaired) electrons. The van der Waals surface area contributed by atoms with Crippen molar-refractivity contribution in [2.45, 2.75) is 58.6 Å². The fraction of sp³-hybridized carbons (Fsp3) is 1.00. The largest absolute Gasteiger partial charge is 0.379 e. The van der Waals surface area contributed by atoms with E-state index in [1.165, 1.54) is 12.8 Å². The lowest BCUT2D eigenvalue weighted by atomic mass is 9.88. The standard InChI is InChI=1S/C12H27NO/c1-7-8-10(2)11(13-5)9-12(3,4)14-6/h10-11,13H,7-9H2,1-6H3. The molecule has 0 saturated heterocycles. The molecule has 86 valence electrons. The summed E-state index contributed by atoms with van der Waals surface area (Å²) in [6.07, 6.45) is 3.61. The zero-order valence-corrected chi connectivity index (χ0v) is 10.7. The Balaban J connectivity index is 4.14. The Bertz CT molecular complexity index is 145. The number of methoxy groups -OCH3 is 1. The van der Waals surface area contributed by atoms with Crippen LogP contribution in [-0.2, 0) is 4.74 Å². The summed E-state index contributed by atoms with van der Waals surface area (Å²) in [4.78, 5) is 0. The molecule has 14 heavy (non-hydrogen) atoms. The molecule has 2 nitrogen and oxygen atoms in total. The molecule has 2 unspecified atom stereocenters. The Hall–Kier alpha value is -0.0800. The fourth-order valence-corrected chi connectivity index (χ4v) is 1.86. The lowest BCUT2D eigenvalue weighted by Gasteiger charge is -2.31. The highest BCUT2D eigenvalue weighted by Crippen LogP contribution is 2.22.